The van der Waals surface area contributed by atoms with E-state index in [9.17, 15) is 24.3 Å². The fourth-order valence-electron chi connectivity index (χ4n) is 9.05. The zero-order valence-electron chi connectivity index (χ0n) is 40.2. The molecule has 8 rings (SSSR count). The van der Waals surface area contributed by atoms with Gasteiger partial charge < -0.3 is 54.1 Å². The lowest BCUT2D eigenvalue weighted by Crippen LogP contribution is -2.58. The zero-order valence-corrected chi connectivity index (χ0v) is 40.2. The van der Waals surface area contributed by atoms with Crippen LogP contribution in [0.15, 0.2) is 100 Å². The minimum absolute atomic E-state index is 0.0436. The normalized spacial score (nSPS) is 15.4. The molecular formula is C53H59N7O10. The van der Waals surface area contributed by atoms with Crippen LogP contribution in [-0.4, -0.2) is 106 Å². The van der Waals surface area contributed by atoms with Crippen LogP contribution in [0, 0.1) is 26.2 Å². The minimum Gasteiger partial charge on any atom is -0.491 e. The van der Waals surface area contributed by atoms with E-state index in [0.29, 0.717) is 40.5 Å². The van der Waals surface area contributed by atoms with Crippen molar-refractivity contribution in [2.24, 2.45) is 11.1 Å². The molecule has 4 heterocycles. The summed E-state index contributed by atoms with van der Waals surface area (Å²) in [5.74, 6) is -0.0632. The molecule has 1 saturated heterocycles. The second-order valence-electron chi connectivity index (χ2n) is 18.7. The lowest BCUT2D eigenvalue weighted by atomic mass is 9.85. The maximum atomic E-state index is 14.0. The first-order valence-corrected chi connectivity index (χ1v) is 23.3. The number of carbonyl (C=O) groups is 4. The molecule has 4 aromatic carbocycles. The number of nitrogens with zero attached hydrogens (tertiary/aromatic N) is 4. The van der Waals surface area contributed by atoms with Crippen LogP contribution >= 0.6 is 0 Å². The number of ether oxygens (including phenoxy) is 3. The number of aryl methyl sites for hydroxylation is 3. The van der Waals surface area contributed by atoms with Crippen LogP contribution in [0.3, 0.4) is 0 Å². The summed E-state index contributed by atoms with van der Waals surface area (Å²) in [5.41, 5.74) is 13.3. The third kappa shape index (κ3) is 10.9. The van der Waals surface area contributed by atoms with Gasteiger partial charge >= 0.3 is 0 Å². The first-order chi connectivity index (χ1) is 33.6. The van der Waals surface area contributed by atoms with E-state index >= 15 is 0 Å². The molecule has 5 N–H and O–H groups in total. The Kier molecular flexibility index (Phi) is 14.8. The maximum Gasteiger partial charge on any atom is 0.249 e. The molecule has 1 aliphatic rings. The zero-order chi connectivity index (χ0) is 49.7. The van der Waals surface area contributed by atoms with E-state index in [1.807, 2.05) is 108 Å². The Morgan fingerprint density at radius 3 is 2.30 bits per heavy atom. The summed E-state index contributed by atoms with van der Waals surface area (Å²) < 4.78 is 30.6. The molecule has 1 aliphatic heterocycles. The lowest BCUT2D eigenvalue weighted by Gasteiger charge is -2.35. The van der Waals surface area contributed by atoms with E-state index in [-0.39, 0.29) is 52.5 Å². The molecule has 0 bridgehead atoms. The molecule has 1 unspecified atom stereocenters. The Balaban J connectivity index is 0.830. The monoisotopic (exact) mass is 953 g/mol. The van der Waals surface area contributed by atoms with Crippen molar-refractivity contribution in [2.75, 3.05) is 39.6 Å². The van der Waals surface area contributed by atoms with Crippen molar-refractivity contribution in [3.8, 4) is 28.2 Å². The number of amides is 4. The Labute approximate surface area is 405 Å². The van der Waals surface area contributed by atoms with Crippen LogP contribution in [0.5, 0.6) is 5.75 Å². The van der Waals surface area contributed by atoms with Gasteiger partial charge in [0.1, 0.15) is 36.8 Å². The van der Waals surface area contributed by atoms with Crippen molar-refractivity contribution in [3.63, 3.8) is 0 Å². The summed E-state index contributed by atoms with van der Waals surface area (Å²) in [5, 5.41) is 22.0. The molecule has 4 amide bonds. The average molecular weight is 954 g/mol. The van der Waals surface area contributed by atoms with Gasteiger partial charge in [-0.15, -0.1) is 0 Å². The summed E-state index contributed by atoms with van der Waals surface area (Å²) in [6.45, 7) is 12.1. The van der Waals surface area contributed by atoms with Crippen LogP contribution in [0.2, 0.25) is 0 Å². The summed E-state index contributed by atoms with van der Waals surface area (Å²) >= 11 is 0. The molecule has 0 aliphatic carbocycles. The molecule has 0 radical (unpaired) electrons. The van der Waals surface area contributed by atoms with Gasteiger partial charge in [-0.1, -0.05) is 80.5 Å². The Hall–Kier alpha value is -7.34. The average Bonchev–Trinajstić information content (AvgIpc) is 4.11. The van der Waals surface area contributed by atoms with Crippen molar-refractivity contribution in [1.29, 1.82) is 0 Å². The van der Waals surface area contributed by atoms with E-state index < -0.39 is 47.2 Å². The molecule has 3 atom stereocenters. The van der Waals surface area contributed by atoms with Gasteiger partial charge in [-0.2, -0.15) is 0 Å². The van der Waals surface area contributed by atoms with Crippen LogP contribution in [0.4, 0.5) is 0 Å². The SMILES string of the molecule is Cc1ncoc1-c1ccc(CNC(=O)[C@@H]2C[C@@H](O)CN2C(=O)C(NC(=O)COCCOCCOc2ccc3c(c2)c2c(C(N)=O)cc(-c4c(C)noc4C)cc2n3Cc2ccccc2)C(C)(C)C)cc1. The summed E-state index contributed by atoms with van der Waals surface area (Å²) in [4.78, 5) is 59.2. The molecule has 17 heteroatoms. The van der Waals surface area contributed by atoms with Crippen molar-refractivity contribution in [3.05, 3.63) is 125 Å². The fourth-order valence-corrected chi connectivity index (χ4v) is 9.05. The number of primary amides is 1. The highest BCUT2D eigenvalue weighted by Crippen LogP contribution is 2.39. The molecule has 70 heavy (non-hydrogen) atoms. The Morgan fingerprint density at radius 2 is 1.61 bits per heavy atom. The molecule has 1 fully saturated rings. The summed E-state index contributed by atoms with van der Waals surface area (Å²) in [7, 11) is 0. The van der Waals surface area contributed by atoms with E-state index in [2.05, 4.69) is 37.5 Å². The molecule has 3 aromatic heterocycles. The number of oxazole rings is 1. The van der Waals surface area contributed by atoms with E-state index in [4.69, 9.17) is 28.9 Å². The van der Waals surface area contributed by atoms with Gasteiger partial charge in [0, 0.05) is 59.0 Å². The fraction of sp³-hybridized carbons (Fsp3) is 0.358. The predicted octanol–water partition coefficient (Wildman–Crippen LogP) is 6.40. The number of β-amino-alcohol motifs (C(OH)–C–C–N with tert-alkyl or cyclic N) is 1. The van der Waals surface area contributed by atoms with Crippen LogP contribution in [-0.2, 0) is 36.9 Å². The van der Waals surface area contributed by atoms with Gasteiger partial charge in [0.15, 0.2) is 12.2 Å². The van der Waals surface area contributed by atoms with Gasteiger partial charge in [-0.25, -0.2) is 4.98 Å². The molecule has 366 valence electrons. The molecule has 7 aromatic rings. The number of aromatic nitrogens is 3. The van der Waals surface area contributed by atoms with Crippen molar-refractivity contribution in [2.45, 2.75) is 79.2 Å². The highest BCUT2D eigenvalue weighted by Gasteiger charge is 2.44. The maximum absolute atomic E-state index is 14.0. The topological polar surface area (TPSA) is 227 Å². The van der Waals surface area contributed by atoms with Crippen molar-refractivity contribution in [1.82, 2.24) is 30.2 Å². The second kappa shape index (κ2) is 21.1. The minimum atomic E-state index is -1.00. The third-order valence-corrected chi connectivity index (χ3v) is 12.5. The standard InChI is InChI=1S/C53H59N7O10/c1-31-46(33(3)70-58-31)37-22-41(50(54)63)47-40-25-39(16-17-42(40)59(43(47)23-37)27-35-10-8-7-9-11-35)68-21-20-66-18-19-67-29-45(62)57-49(53(4,5)6)52(65)60-28-38(61)24-44(60)51(64)55-26-34-12-14-36(15-13-34)48-32(2)56-30-69-48/h7-17,22-23,25,30,38,44,49,61H,18-21,24,26-29H2,1-6H3,(H2,54,63)(H,55,64)(H,57,62)/t38-,44+,49?/m1/s1. The number of fused-ring (bicyclic) bond motifs is 3. The number of carbonyl (C=O) groups excluding carboxylic acids is 4. The van der Waals surface area contributed by atoms with Gasteiger partial charge in [-0.05, 0) is 73.2 Å². The lowest BCUT2D eigenvalue weighted by molar-refractivity contribution is -0.144. The Morgan fingerprint density at radius 1 is 0.871 bits per heavy atom. The number of likely N-dealkylation sites (tertiary alicyclic amines) is 1. The van der Waals surface area contributed by atoms with E-state index in [0.717, 1.165) is 49.9 Å². The highest BCUT2D eigenvalue weighted by molar-refractivity contribution is 6.19. The van der Waals surface area contributed by atoms with E-state index in [1.54, 1.807) is 6.07 Å². The van der Waals surface area contributed by atoms with Gasteiger partial charge in [0.05, 0.1) is 42.8 Å². The predicted molar refractivity (Wildman–Crippen MR) is 262 cm³/mol. The number of hydrogen-bond donors (Lipinski definition) is 4. The van der Waals surface area contributed by atoms with Gasteiger partial charge in [-0.3, -0.25) is 19.2 Å². The largest absolute Gasteiger partial charge is 0.491 e. The molecular weight excluding hydrogens is 895 g/mol. The number of nitrogens with one attached hydrogen (secondary N) is 2. The highest BCUT2D eigenvalue weighted by atomic mass is 16.5. The van der Waals surface area contributed by atoms with Crippen molar-refractivity contribution < 1.29 is 47.4 Å². The summed E-state index contributed by atoms with van der Waals surface area (Å²) in [6.07, 6.45) is 0.562. The van der Waals surface area contributed by atoms with Gasteiger partial charge in [0.25, 0.3) is 0 Å². The van der Waals surface area contributed by atoms with Crippen LogP contribution in [0.1, 0.15) is 65.8 Å². The number of rotatable bonds is 19. The number of nitrogens with two attached hydrogens (primary N) is 1. The number of hydrogen-bond acceptors (Lipinski definition) is 12. The number of aliphatic hydroxyl groups is 1. The molecule has 0 saturated carbocycles. The first kappa shape index (κ1) is 49.1. The van der Waals surface area contributed by atoms with Crippen LogP contribution in [0.25, 0.3) is 44.3 Å². The quantitative estimate of drug-likeness (QED) is 0.0647. The Bertz CT molecular complexity index is 2990. The molecule has 0 spiro atoms. The number of benzene rings is 4. The van der Waals surface area contributed by atoms with E-state index in [1.165, 1.54) is 11.3 Å². The second-order valence-corrected chi connectivity index (χ2v) is 18.7. The number of aliphatic hydroxyl groups excluding tert-OH is 1. The van der Waals surface area contributed by atoms with Crippen LogP contribution < -0.4 is 21.1 Å². The van der Waals surface area contributed by atoms with Gasteiger partial charge in [0.2, 0.25) is 23.6 Å². The summed E-state index contributed by atoms with van der Waals surface area (Å²) in [6, 6.07) is 25.3. The first-order valence-electron chi connectivity index (χ1n) is 23.3. The molecule has 17 nitrogen and oxygen atoms in total. The smallest absolute Gasteiger partial charge is 0.249 e. The van der Waals surface area contributed by atoms with Crippen molar-refractivity contribution >= 4 is 45.4 Å². The third-order valence-electron chi connectivity index (χ3n) is 12.5.